The van der Waals surface area contributed by atoms with Crippen LogP contribution in [0.3, 0.4) is 0 Å². The lowest BCUT2D eigenvalue weighted by atomic mass is 9.98. The third-order valence-electron chi connectivity index (χ3n) is 5.91. The molecule has 1 aliphatic rings. The zero-order valence-corrected chi connectivity index (χ0v) is 19.3. The molecule has 1 atom stereocenters. The van der Waals surface area contributed by atoms with Crippen LogP contribution in [0.1, 0.15) is 41.8 Å². The lowest BCUT2D eigenvalue weighted by molar-refractivity contribution is -0.129. The number of amides is 1. The van der Waals surface area contributed by atoms with Crippen LogP contribution in [-0.2, 0) is 24.2 Å². The number of H-pyrrole nitrogens is 1. The van der Waals surface area contributed by atoms with Crippen LogP contribution in [0.4, 0.5) is 0 Å². The van der Waals surface area contributed by atoms with Crippen LogP contribution in [0.15, 0.2) is 34.2 Å². The third-order valence-corrected chi connectivity index (χ3v) is 7.81. The maximum absolute atomic E-state index is 12.8. The van der Waals surface area contributed by atoms with Gasteiger partial charge in [-0.3, -0.25) is 9.59 Å². The van der Waals surface area contributed by atoms with E-state index < -0.39 is 0 Å². The van der Waals surface area contributed by atoms with Gasteiger partial charge in [0.1, 0.15) is 4.83 Å². The molecule has 0 unspecified atom stereocenters. The first-order valence-corrected chi connectivity index (χ1v) is 12.3. The zero-order chi connectivity index (χ0) is 21.3. The molecule has 1 N–H and O–H groups in total. The molecular weight excluding hydrogens is 414 g/mol. The van der Waals surface area contributed by atoms with Crippen LogP contribution in [0.2, 0.25) is 0 Å². The molecule has 0 fully saturated rings. The van der Waals surface area contributed by atoms with Gasteiger partial charge in [-0.15, -0.1) is 11.3 Å². The van der Waals surface area contributed by atoms with Gasteiger partial charge in [0.2, 0.25) is 5.91 Å². The molecule has 0 radical (unpaired) electrons. The van der Waals surface area contributed by atoms with Crippen LogP contribution in [0.5, 0.6) is 0 Å². The van der Waals surface area contributed by atoms with Crippen molar-refractivity contribution in [1.29, 1.82) is 0 Å². The van der Waals surface area contributed by atoms with Gasteiger partial charge in [-0.2, -0.15) is 0 Å². The highest BCUT2D eigenvalue weighted by molar-refractivity contribution is 7.99. The quantitative estimate of drug-likeness (QED) is 0.450. The fraction of sp³-hybridized carbons (Fsp3) is 0.435. The Morgan fingerprint density at radius 2 is 2.10 bits per heavy atom. The summed E-state index contributed by atoms with van der Waals surface area (Å²) in [6.45, 7) is 7.83. The predicted octanol–water partition coefficient (Wildman–Crippen LogP) is 4.56. The Morgan fingerprint density at radius 1 is 1.33 bits per heavy atom. The van der Waals surface area contributed by atoms with E-state index >= 15 is 0 Å². The van der Waals surface area contributed by atoms with Crippen molar-refractivity contribution in [1.82, 2.24) is 14.9 Å². The molecule has 3 aromatic rings. The molecule has 1 amide bonds. The van der Waals surface area contributed by atoms with Crippen LogP contribution in [-0.4, -0.2) is 33.1 Å². The monoisotopic (exact) mass is 441 g/mol. The van der Waals surface area contributed by atoms with Crippen LogP contribution in [0.25, 0.3) is 10.2 Å². The lowest BCUT2D eigenvalue weighted by Gasteiger charge is -2.28. The van der Waals surface area contributed by atoms with Gasteiger partial charge in [-0.05, 0) is 42.4 Å². The van der Waals surface area contributed by atoms with Crippen molar-refractivity contribution in [3.63, 3.8) is 0 Å². The van der Waals surface area contributed by atoms with Gasteiger partial charge in [-0.1, -0.05) is 56.3 Å². The molecule has 158 valence electrons. The molecular formula is C23H27N3O2S2. The standard InChI is InChI=1S/C23H27N3O2S2/c1-4-14(2)11-18-15(3)30-22-20(18)21(28)24-23(25-22)29-13-19(27)26-10-9-16-7-5-6-8-17(16)12-26/h5-8,14H,4,9-13H2,1-3H3,(H,24,25,28)/t14-/m0/s1. The molecule has 2 aromatic heterocycles. The normalized spacial score (nSPS) is 14.7. The molecule has 7 heteroatoms. The fourth-order valence-corrected chi connectivity index (χ4v) is 5.77. The number of fused-ring (bicyclic) bond motifs is 2. The summed E-state index contributed by atoms with van der Waals surface area (Å²) in [6, 6.07) is 8.29. The molecule has 3 heterocycles. The maximum Gasteiger partial charge on any atom is 0.260 e. The highest BCUT2D eigenvalue weighted by atomic mass is 32.2. The Hall–Kier alpha value is -2.12. The van der Waals surface area contributed by atoms with Crippen LogP contribution >= 0.6 is 23.1 Å². The van der Waals surface area contributed by atoms with E-state index in [9.17, 15) is 9.59 Å². The van der Waals surface area contributed by atoms with Gasteiger partial charge in [0.25, 0.3) is 5.56 Å². The first-order chi connectivity index (χ1) is 14.5. The highest BCUT2D eigenvalue weighted by Gasteiger charge is 2.21. The molecule has 1 aliphatic heterocycles. The second-order valence-corrected chi connectivity index (χ2v) is 10.2. The van der Waals surface area contributed by atoms with Gasteiger partial charge < -0.3 is 9.88 Å². The Morgan fingerprint density at radius 3 is 2.87 bits per heavy atom. The number of aromatic nitrogens is 2. The van der Waals surface area contributed by atoms with E-state index in [4.69, 9.17) is 0 Å². The summed E-state index contributed by atoms with van der Waals surface area (Å²) in [6.07, 6.45) is 2.87. The van der Waals surface area contributed by atoms with E-state index in [1.54, 1.807) is 11.3 Å². The van der Waals surface area contributed by atoms with Crippen molar-refractivity contribution in [3.05, 3.63) is 56.2 Å². The molecule has 30 heavy (non-hydrogen) atoms. The molecule has 0 spiro atoms. The van der Waals surface area contributed by atoms with E-state index in [0.717, 1.165) is 46.5 Å². The number of carbonyl (C=O) groups excluding carboxylic acids is 1. The molecule has 0 bridgehead atoms. The third kappa shape index (κ3) is 4.32. The van der Waals surface area contributed by atoms with E-state index in [0.29, 0.717) is 17.6 Å². The maximum atomic E-state index is 12.8. The summed E-state index contributed by atoms with van der Waals surface area (Å²) in [5.41, 5.74) is 3.58. The lowest BCUT2D eigenvalue weighted by Crippen LogP contribution is -2.37. The van der Waals surface area contributed by atoms with Crippen molar-refractivity contribution >= 4 is 39.2 Å². The molecule has 0 saturated heterocycles. The molecule has 0 aliphatic carbocycles. The topological polar surface area (TPSA) is 66.1 Å². The Balaban J connectivity index is 1.47. The number of aromatic amines is 1. The van der Waals surface area contributed by atoms with Crippen molar-refractivity contribution in [2.45, 2.75) is 51.7 Å². The average Bonchev–Trinajstić information content (AvgIpc) is 3.06. The Kier molecular flexibility index (Phi) is 6.29. The van der Waals surface area contributed by atoms with Crippen molar-refractivity contribution in [2.24, 2.45) is 5.92 Å². The first kappa shape index (κ1) is 21.1. The summed E-state index contributed by atoms with van der Waals surface area (Å²) < 4.78 is 0. The van der Waals surface area contributed by atoms with Crippen molar-refractivity contribution < 1.29 is 4.79 Å². The summed E-state index contributed by atoms with van der Waals surface area (Å²) >= 11 is 2.89. The number of benzene rings is 1. The second-order valence-electron chi connectivity index (χ2n) is 8.03. The summed E-state index contributed by atoms with van der Waals surface area (Å²) in [5.74, 6) is 0.889. The number of nitrogens with zero attached hydrogens (tertiary/aromatic N) is 2. The van der Waals surface area contributed by atoms with Crippen LogP contribution < -0.4 is 5.56 Å². The number of carbonyl (C=O) groups is 1. The molecule has 4 rings (SSSR count). The Bertz CT molecular complexity index is 1140. The number of aryl methyl sites for hydroxylation is 1. The second kappa shape index (κ2) is 8.94. The number of nitrogens with one attached hydrogen (secondary N) is 1. The first-order valence-electron chi connectivity index (χ1n) is 10.5. The summed E-state index contributed by atoms with van der Waals surface area (Å²) in [5, 5.41) is 1.25. The van der Waals surface area contributed by atoms with Crippen molar-refractivity contribution in [2.75, 3.05) is 12.3 Å². The average molecular weight is 442 g/mol. The van der Waals surface area contributed by atoms with Crippen LogP contribution in [0, 0.1) is 12.8 Å². The minimum absolute atomic E-state index is 0.0806. The smallest absolute Gasteiger partial charge is 0.260 e. The number of hydrogen-bond acceptors (Lipinski definition) is 5. The van der Waals surface area contributed by atoms with E-state index in [-0.39, 0.29) is 17.2 Å². The van der Waals surface area contributed by atoms with Gasteiger partial charge in [-0.25, -0.2) is 4.98 Å². The zero-order valence-electron chi connectivity index (χ0n) is 17.7. The number of thiophene rings is 1. The highest BCUT2D eigenvalue weighted by Crippen LogP contribution is 2.30. The van der Waals surface area contributed by atoms with Gasteiger partial charge >= 0.3 is 0 Å². The number of thioether (sulfide) groups is 1. The van der Waals surface area contributed by atoms with Gasteiger partial charge in [0.05, 0.1) is 11.1 Å². The van der Waals surface area contributed by atoms with E-state index in [1.807, 2.05) is 17.0 Å². The Labute approximate surface area is 184 Å². The SMILES string of the molecule is CC[C@H](C)Cc1c(C)sc2nc(SCC(=O)N3CCc4ccccc4C3)[nH]c(=O)c12. The van der Waals surface area contributed by atoms with E-state index in [2.05, 4.69) is 42.9 Å². The number of rotatable bonds is 6. The summed E-state index contributed by atoms with van der Waals surface area (Å²) in [7, 11) is 0. The molecule has 5 nitrogen and oxygen atoms in total. The predicted molar refractivity (Wildman–Crippen MR) is 124 cm³/mol. The molecule has 1 aromatic carbocycles. The van der Waals surface area contributed by atoms with Gasteiger partial charge in [0.15, 0.2) is 5.16 Å². The van der Waals surface area contributed by atoms with Gasteiger partial charge in [0, 0.05) is 18.0 Å². The van der Waals surface area contributed by atoms with E-state index in [1.165, 1.54) is 22.9 Å². The largest absolute Gasteiger partial charge is 0.337 e. The van der Waals surface area contributed by atoms with Crippen molar-refractivity contribution in [3.8, 4) is 0 Å². The minimum Gasteiger partial charge on any atom is -0.337 e. The molecule has 0 saturated carbocycles. The fourth-order valence-electron chi connectivity index (χ4n) is 3.89. The minimum atomic E-state index is -0.0931. The number of hydrogen-bond donors (Lipinski definition) is 1. The summed E-state index contributed by atoms with van der Waals surface area (Å²) in [4.78, 5) is 36.9.